The molecule has 0 spiro atoms. The fourth-order valence-corrected chi connectivity index (χ4v) is 4.65. The summed E-state index contributed by atoms with van der Waals surface area (Å²) in [7, 11) is 0. The molecule has 3 heterocycles. The number of aromatic nitrogens is 2. The van der Waals surface area contributed by atoms with Gasteiger partial charge in [-0.3, -0.25) is 0 Å². The molecule has 5 rings (SSSR count). The van der Waals surface area contributed by atoms with Crippen molar-refractivity contribution in [3.8, 4) is 22.9 Å². The van der Waals surface area contributed by atoms with E-state index in [1.807, 2.05) is 18.2 Å². The molecule has 1 N–H and O–H groups in total. The molecule has 2 aliphatic heterocycles. The molecule has 1 atom stereocenters. The molecule has 3 aromatic rings. The number of nitrogens with one attached hydrogen (secondary N) is 1. The van der Waals surface area contributed by atoms with E-state index in [0.717, 1.165) is 41.1 Å². The number of hydrogen-bond donors (Lipinski definition) is 1. The Kier molecular flexibility index (Phi) is 6.00. The van der Waals surface area contributed by atoms with Gasteiger partial charge in [0, 0.05) is 17.8 Å². The summed E-state index contributed by atoms with van der Waals surface area (Å²) >= 11 is 5.77. The largest absolute Gasteiger partial charge is 0.454 e. The molecule has 0 saturated carbocycles. The van der Waals surface area contributed by atoms with Gasteiger partial charge in [0.1, 0.15) is 0 Å². The molecule has 2 aliphatic rings. The van der Waals surface area contributed by atoms with Crippen molar-refractivity contribution in [3.05, 3.63) is 65.2 Å². The van der Waals surface area contributed by atoms with Crippen LogP contribution in [-0.4, -0.2) is 33.5 Å². The summed E-state index contributed by atoms with van der Waals surface area (Å²) in [6.45, 7) is 9.59. The molecule has 0 bridgehead atoms. The number of hydrogen-bond acceptors (Lipinski definition) is 6. The fraction of sp³-hybridized carbons (Fsp3) is 0.346. The van der Waals surface area contributed by atoms with Crippen molar-refractivity contribution in [2.24, 2.45) is 5.92 Å². The average Bonchev–Trinajstić information content (AvgIpc) is 3.50. The number of ether oxygens (including phenoxy) is 2. The van der Waals surface area contributed by atoms with Gasteiger partial charge in [0.05, 0.1) is 11.6 Å². The van der Waals surface area contributed by atoms with E-state index >= 15 is 0 Å². The summed E-state index contributed by atoms with van der Waals surface area (Å²) in [6, 6.07) is 14.0. The minimum atomic E-state index is -0.188. The van der Waals surface area contributed by atoms with Gasteiger partial charge in [-0.15, -0.1) is 0 Å². The Balaban J connectivity index is 1.57. The van der Waals surface area contributed by atoms with Gasteiger partial charge in [0.2, 0.25) is 12.6 Å². The Bertz CT molecular complexity index is 1250. The Labute approximate surface area is 204 Å². The number of allylic oxidation sites excluding steroid dienone is 1. The van der Waals surface area contributed by atoms with Crippen LogP contribution in [0, 0.1) is 5.92 Å². The Morgan fingerprint density at radius 2 is 1.88 bits per heavy atom. The van der Waals surface area contributed by atoms with E-state index in [1.165, 1.54) is 5.56 Å². The van der Waals surface area contributed by atoms with Crippen LogP contribution in [0.5, 0.6) is 11.5 Å². The third kappa shape index (κ3) is 4.14. The number of benzene rings is 2. The van der Waals surface area contributed by atoms with Crippen LogP contribution in [0.3, 0.4) is 0 Å². The zero-order chi connectivity index (χ0) is 23.8. The van der Waals surface area contributed by atoms with E-state index in [2.05, 4.69) is 67.3 Å². The molecule has 1 aromatic heterocycles. The van der Waals surface area contributed by atoms with Crippen LogP contribution in [0.4, 0.5) is 0 Å². The molecule has 0 radical (unpaired) electrons. The molecule has 2 aromatic carbocycles. The highest BCUT2D eigenvalue weighted by Gasteiger charge is 2.34. The van der Waals surface area contributed by atoms with Gasteiger partial charge >= 0.3 is 0 Å². The van der Waals surface area contributed by atoms with Gasteiger partial charge < -0.3 is 24.2 Å². The summed E-state index contributed by atoms with van der Waals surface area (Å²) < 4.78 is 16.8. The molecule has 0 amide bonds. The van der Waals surface area contributed by atoms with Crippen LogP contribution in [0.1, 0.15) is 50.8 Å². The Hall–Kier alpha value is -3.39. The number of nitrogens with zero attached hydrogens (tertiary/aromatic N) is 3. The van der Waals surface area contributed by atoms with E-state index < -0.39 is 0 Å². The van der Waals surface area contributed by atoms with Crippen LogP contribution >= 0.6 is 12.2 Å². The van der Waals surface area contributed by atoms with Crippen LogP contribution in [-0.2, 0) is 6.42 Å². The van der Waals surface area contributed by atoms with Crippen molar-refractivity contribution in [1.82, 2.24) is 20.4 Å². The first-order chi connectivity index (χ1) is 16.4. The smallest absolute Gasteiger partial charge is 0.258 e. The molecular formula is C26H28N4O3S. The molecule has 0 fully saturated rings. The van der Waals surface area contributed by atoms with E-state index in [9.17, 15) is 0 Å². The molecule has 8 heteroatoms. The van der Waals surface area contributed by atoms with Crippen molar-refractivity contribution >= 4 is 22.9 Å². The standard InChI is InChI=1S/C26H28N4O3S/c1-5-17-6-8-18(9-7-17)23-22(16(4)30(13-15(2)3)26(34)27-23)25-28-24(29-33-25)19-10-11-20-21(12-19)32-14-31-20/h6-12,15,23H,5,13-14H2,1-4H3,(H,27,34). The highest BCUT2D eigenvalue weighted by Crippen LogP contribution is 2.39. The fourth-order valence-electron chi connectivity index (χ4n) is 4.32. The maximum absolute atomic E-state index is 5.83. The summed E-state index contributed by atoms with van der Waals surface area (Å²) in [5.74, 6) is 2.80. The summed E-state index contributed by atoms with van der Waals surface area (Å²) in [5, 5.41) is 8.51. The predicted octanol–water partition coefficient (Wildman–Crippen LogP) is 5.35. The zero-order valence-electron chi connectivity index (χ0n) is 19.8. The predicted molar refractivity (Wildman–Crippen MR) is 134 cm³/mol. The molecule has 0 saturated heterocycles. The summed E-state index contributed by atoms with van der Waals surface area (Å²) in [6.07, 6.45) is 0.989. The maximum atomic E-state index is 5.83. The summed E-state index contributed by atoms with van der Waals surface area (Å²) in [5.41, 5.74) is 5.13. The van der Waals surface area contributed by atoms with Gasteiger partial charge in [0.15, 0.2) is 16.6 Å². The molecule has 0 aliphatic carbocycles. The first-order valence-electron chi connectivity index (χ1n) is 11.6. The van der Waals surface area contributed by atoms with Gasteiger partial charge in [0.25, 0.3) is 5.89 Å². The van der Waals surface area contributed by atoms with Gasteiger partial charge in [-0.1, -0.05) is 50.2 Å². The quantitative estimate of drug-likeness (QED) is 0.478. The second-order valence-electron chi connectivity index (χ2n) is 8.97. The summed E-state index contributed by atoms with van der Waals surface area (Å²) in [4.78, 5) is 6.91. The molecular weight excluding hydrogens is 448 g/mol. The monoisotopic (exact) mass is 476 g/mol. The lowest BCUT2D eigenvalue weighted by molar-refractivity contribution is 0.174. The normalized spacial score (nSPS) is 17.5. The Morgan fingerprint density at radius 1 is 1.12 bits per heavy atom. The minimum Gasteiger partial charge on any atom is -0.454 e. The number of fused-ring (bicyclic) bond motifs is 1. The third-order valence-electron chi connectivity index (χ3n) is 6.15. The zero-order valence-corrected chi connectivity index (χ0v) is 20.6. The topological polar surface area (TPSA) is 72.7 Å². The Morgan fingerprint density at radius 3 is 2.62 bits per heavy atom. The minimum absolute atomic E-state index is 0.188. The SMILES string of the molecule is CCc1ccc(C2NC(=S)N(CC(C)C)C(C)=C2c2nc(-c3ccc4c(c3)OCO4)no2)cc1. The molecule has 7 nitrogen and oxygen atoms in total. The van der Waals surface area contributed by atoms with Gasteiger partial charge in [-0.2, -0.15) is 4.98 Å². The highest BCUT2D eigenvalue weighted by molar-refractivity contribution is 7.80. The number of rotatable bonds is 6. The van der Waals surface area contributed by atoms with E-state index in [1.54, 1.807) is 0 Å². The second-order valence-corrected chi connectivity index (χ2v) is 9.36. The maximum Gasteiger partial charge on any atom is 0.258 e. The van der Waals surface area contributed by atoms with Crippen LogP contribution in [0.15, 0.2) is 52.7 Å². The van der Waals surface area contributed by atoms with Crippen LogP contribution in [0.25, 0.3) is 17.0 Å². The molecule has 34 heavy (non-hydrogen) atoms. The lowest BCUT2D eigenvalue weighted by atomic mass is 9.93. The molecule has 1 unspecified atom stereocenters. The van der Waals surface area contributed by atoms with Gasteiger partial charge in [-0.25, -0.2) is 0 Å². The number of thiocarbonyl (C=S) groups is 1. The lowest BCUT2D eigenvalue weighted by Gasteiger charge is -2.38. The van der Waals surface area contributed by atoms with E-state index in [0.29, 0.717) is 28.5 Å². The van der Waals surface area contributed by atoms with Crippen LogP contribution < -0.4 is 14.8 Å². The highest BCUT2D eigenvalue weighted by atomic mass is 32.1. The van der Waals surface area contributed by atoms with Crippen molar-refractivity contribution in [2.75, 3.05) is 13.3 Å². The van der Waals surface area contributed by atoms with E-state index in [-0.39, 0.29) is 12.8 Å². The van der Waals surface area contributed by atoms with Crippen molar-refractivity contribution < 1.29 is 14.0 Å². The van der Waals surface area contributed by atoms with Crippen molar-refractivity contribution in [2.45, 2.75) is 40.2 Å². The van der Waals surface area contributed by atoms with Gasteiger partial charge in [-0.05, 0) is 60.8 Å². The molecule has 176 valence electrons. The second kappa shape index (κ2) is 9.10. The number of aryl methyl sites for hydroxylation is 1. The first-order valence-corrected chi connectivity index (χ1v) is 12.0. The van der Waals surface area contributed by atoms with Crippen molar-refractivity contribution in [1.29, 1.82) is 0 Å². The van der Waals surface area contributed by atoms with E-state index in [4.69, 9.17) is 31.2 Å². The third-order valence-corrected chi connectivity index (χ3v) is 6.49. The van der Waals surface area contributed by atoms with Crippen LogP contribution in [0.2, 0.25) is 0 Å². The average molecular weight is 477 g/mol. The lowest BCUT2D eigenvalue weighted by Crippen LogP contribution is -2.47. The van der Waals surface area contributed by atoms with Crippen molar-refractivity contribution in [3.63, 3.8) is 0 Å². The first kappa shape index (κ1) is 22.4.